The Labute approximate surface area is 145 Å². The van der Waals surface area contributed by atoms with Crippen LogP contribution in [0.3, 0.4) is 0 Å². The van der Waals surface area contributed by atoms with E-state index < -0.39 is 0 Å². The first-order chi connectivity index (χ1) is 11.3. The highest BCUT2D eigenvalue weighted by molar-refractivity contribution is 5.83. The molecule has 2 aliphatic rings. The van der Waals surface area contributed by atoms with Crippen molar-refractivity contribution in [3.8, 4) is 0 Å². The molecule has 4 atom stereocenters. The highest BCUT2D eigenvalue weighted by Crippen LogP contribution is 2.55. The predicted octanol–water partition coefficient (Wildman–Crippen LogP) is 3.22. The lowest BCUT2D eigenvalue weighted by atomic mass is 9.65. The Morgan fingerprint density at radius 2 is 2.12 bits per heavy atom. The maximum absolute atomic E-state index is 13.1. The molecule has 2 fully saturated rings. The molecule has 1 aromatic heterocycles. The Bertz CT molecular complexity index is 610. The zero-order chi connectivity index (χ0) is 17.5. The van der Waals surface area contributed by atoms with Gasteiger partial charge in [0.2, 0.25) is 5.91 Å². The summed E-state index contributed by atoms with van der Waals surface area (Å²) in [4.78, 5) is 17.5. The highest BCUT2D eigenvalue weighted by Gasteiger charge is 2.54. The van der Waals surface area contributed by atoms with Gasteiger partial charge in [0.1, 0.15) is 11.9 Å². The van der Waals surface area contributed by atoms with Crippen molar-refractivity contribution in [2.75, 3.05) is 6.61 Å². The smallest absolute Gasteiger partial charge is 0.226 e. The summed E-state index contributed by atoms with van der Waals surface area (Å²) in [6.45, 7) is 9.56. The zero-order valence-electron chi connectivity index (χ0n) is 15.6. The average molecular weight is 333 g/mol. The minimum atomic E-state index is -0.288. The molecule has 0 radical (unpaired) electrons. The molecule has 0 spiro atoms. The van der Waals surface area contributed by atoms with Gasteiger partial charge in [0.05, 0.1) is 5.41 Å². The van der Waals surface area contributed by atoms with Crippen molar-refractivity contribution in [2.45, 2.75) is 65.5 Å². The van der Waals surface area contributed by atoms with Crippen LogP contribution in [0.1, 0.15) is 65.3 Å². The Morgan fingerprint density at radius 1 is 1.38 bits per heavy atom. The van der Waals surface area contributed by atoms with Gasteiger partial charge < -0.3 is 14.6 Å². The summed E-state index contributed by atoms with van der Waals surface area (Å²) in [5.41, 5.74) is -0.259. The first-order valence-corrected chi connectivity index (χ1v) is 9.15. The SMILES string of the molecule is C[C@H]1CC[C@@](C)(C(=O)NC2CCOC(c3nccn3C)C2)C1(C)C. The number of amides is 1. The van der Waals surface area contributed by atoms with E-state index in [0.29, 0.717) is 12.5 Å². The molecule has 1 aliphatic heterocycles. The summed E-state index contributed by atoms with van der Waals surface area (Å²) >= 11 is 0. The molecule has 24 heavy (non-hydrogen) atoms. The largest absolute Gasteiger partial charge is 0.370 e. The number of carbonyl (C=O) groups is 1. The maximum Gasteiger partial charge on any atom is 0.226 e. The zero-order valence-corrected chi connectivity index (χ0v) is 15.6. The minimum absolute atomic E-state index is 0.0291. The van der Waals surface area contributed by atoms with E-state index in [1.54, 1.807) is 6.20 Å². The van der Waals surface area contributed by atoms with Gasteiger partial charge in [0.25, 0.3) is 0 Å². The van der Waals surface area contributed by atoms with Crippen LogP contribution < -0.4 is 5.32 Å². The quantitative estimate of drug-likeness (QED) is 0.924. The number of hydrogen-bond acceptors (Lipinski definition) is 3. The lowest BCUT2D eigenvalue weighted by Crippen LogP contribution is -2.51. The van der Waals surface area contributed by atoms with Crippen molar-refractivity contribution in [1.82, 2.24) is 14.9 Å². The molecule has 1 amide bonds. The van der Waals surface area contributed by atoms with Crippen molar-refractivity contribution < 1.29 is 9.53 Å². The van der Waals surface area contributed by atoms with Crippen LogP contribution in [-0.2, 0) is 16.6 Å². The van der Waals surface area contributed by atoms with Gasteiger partial charge >= 0.3 is 0 Å². The second kappa shape index (κ2) is 6.17. The Balaban J connectivity index is 1.68. The number of hydrogen-bond donors (Lipinski definition) is 1. The van der Waals surface area contributed by atoms with Gasteiger partial charge in [-0.15, -0.1) is 0 Å². The van der Waals surface area contributed by atoms with Crippen LogP contribution in [-0.4, -0.2) is 28.1 Å². The summed E-state index contributed by atoms with van der Waals surface area (Å²) in [6, 6.07) is 0.163. The fourth-order valence-electron chi connectivity index (χ4n) is 4.28. The third kappa shape index (κ3) is 2.77. The first-order valence-electron chi connectivity index (χ1n) is 9.15. The van der Waals surface area contributed by atoms with E-state index in [1.165, 1.54) is 0 Å². The number of aromatic nitrogens is 2. The molecule has 5 nitrogen and oxygen atoms in total. The van der Waals surface area contributed by atoms with Gasteiger partial charge in [-0.2, -0.15) is 0 Å². The monoisotopic (exact) mass is 333 g/mol. The molecule has 2 unspecified atom stereocenters. The van der Waals surface area contributed by atoms with E-state index in [9.17, 15) is 4.79 Å². The highest BCUT2D eigenvalue weighted by atomic mass is 16.5. The summed E-state index contributed by atoms with van der Waals surface area (Å²) in [5.74, 6) is 1.72. The molecule has 3 rings (SSSR count). The van der Waals surface area contributed by atoms with E-state index in [1.807, 2.05) is 17.8 Å². The third-order valence-corrected chi connectivity index (χ3v) is 7.00. The average Bonchev–Trinajstić information content (AvgIpc) is 3.05. The number of ether oxygens (including phenoxy) is 1. The lowest BCUT2D eigenvalue weighted by Gasteiger charge is -2.41. The van der Waals surface area contributed by atoms with E-state index >= 15 is 0 Å². The maximum atomic E-state index is 13.1. The van der Waals surface area contributed by atoms with E-state index in [4.69, 9.17) is 4.74 Å². The van der Waals surface area contributed by atoms with Crippen molar-refractivity contribution in [2.24, 2.45) is 23.8 Å². The van der Waals surface area contributed by atoms with Crippen LogP contribution in [0, 0.1) is 16.7 Å². The standard InChI is InChI=1S/C19H31N3O2/c1-13-6-8-19(4,18(13,2)3)17(23)21-14-7-11-24-15(12-14)16-20-9-10-22(16)5/h9-10,13-15H,6-8,11-12H2,1-5H3,(H,21,23)/t13-,14?,15?,19-/m0/s1. The molecule has 134 valence electrons. The molecular formula is C19H31N3O2. The summed E-state index contributed by atoms with van der Waals surface area (Å²) in [7, 11) is 1.98. The molecular weight excluding hydrogens is 302 g/mol. The van der Waals surface area contributed by atoms with Crippen molar-refractivity contribution in [3.63, 3.8) is 0 Å². The lowest BCUT2D eigenvalue weighted by molar-refractivity contribution is -0.137. The van der Waals surface area contributed by atoms with Crippen LogP contribution >= 0.6 is 0 Å². The Morgan fingerprint density at radius 3 is 2.71 bits per heavy atom. The second-order valence-electron chi connectivity index (χ2n) is 8.44. The number of rotatable bonds is 3. The number of aryl methyl sites for hydroxylation is 1. The molecule has 1 N–H and O–H groups in total. The van der Waals surface area contributed by atoms with Gasteiger partial charge in [-0.1, -0.05) is 27.7 Å². The van der Waals surface area contributed by atoms with Crippen molar-refractivity contribution in [1.29, 1.82) is 0 Å². The van der Waals surface area contributed by atoms with Crippen LogP contribution in [0.5, 0.6) is 0 Å². The molecule has 1 aliphatic carbocycles. The molecule has 1 aromatic rings. The number of nitrogens with zero attached hydrogens (tertiary/aromatic N) is 2. The van der Waals surface area contributed by atoms with Gasteiger partial charge in [-0.25, -0.2) is 4.98 Å². The second-order valence-corrected chi connectivity index (χ2v) is 8.44. The van der Waals surface area contributed by atoms with Gasteiger partial charge in [-0.3, -0.25) is 4.79 Å². The molecule has 2 heterocycles. The summed E-state index contributed by atoms with van der Waals surface area (Å²) < 4.78 is 7.89. The molecule has 5 heteroatoms. The van der Waals surface area contributed by atoms with E-state index in [0.717, 1.165) is 31.5 Å². The van der Waals surface area contributed by atoms with Crippen LogP contribution in [0.25, 0.3) is 0 Å². The van der Waals surface area contributed by atoms with Crippen LogP contribution in [0.15, 0.2) is 12.4 Å². The van der Waals surface area contributed by atoms with Crippen molar-refractivity contribution in [3.05, 3.63) is 18.2 Å². The molecule has 1 saturated carbocycles. The fraction of sp³-hybridized carbons (Fsp3) is 0.789. The number of carbonyl (C=O) groups excluding carboxylic acids is 1. The minimum Gasteiger partial charge on any atom is -0.370 e. The van der Waals surface area contributed by atoms with Crippen LogP contribution in [0.2, 0.25) is 0 Å². The van der Waals surface area contributed by atoms with E-state index in [2.05, 4.69) is 38.0 Å². The van der Waals surface area contributed by atoms with Crippen LogP contribution in [0.4, 0.5) is 0 Å². The molecule has 0 aromatic carbocycles. The normalized spacial score (nSPS) is 35.8. The van der Waals surface area contributed by atoms with E-state index in [-0.39, 0.29) is 28.9 Å². The van der Waals surface area contributed by atoms with Gasteiger partial charge in [-0.05, 0) is 30.6 Å². The molecule has 1 saturated heterocycles. The fourth-order valence-corrected chi connectivity index (χ4v) is 4.28. The topological polar surface area (TPSA) is 56.1 Å². The number of imidazole rings is 1. The Kier molecular flexibility index (Phi) is 4.49. The summed E-state index contributed by atoms with van der Waals surface area (Å²) in [5, 5.41) is 3.33. The number of nitrogens with one attached hydrogen (secondary N) is 1. The molecule has 0 bridgehead atoms. The van der Waals surface area contributed by atoms with Gasteiger partial charge in [0.15, 0.2) is 0 Å². The first kappa shape index (κ1) is 17.5. The summed E-state index contributed by atoms with van der Waals surface area (Å²) in [6.07, 6.45) is 7.46. The third-order valence-electron chi connectivity index (χ3n) is 7.00. The van der Waals surface area contributed by atoms with Gasteiger partial charge in [0, 0.05) is 38.5 Å². The Hall–Kier alpha value is -1.36. The van der Waals surface area contributed by atoms with Crippen molar-refractivity contribution >= 4 is 5.91 Å². The predicted molar refractivity (Wildman–Crippen MR) is 93.4 cm³/mol.